The van der Waals surface area contributed by atoms with Crippen LogP contribution in [0.2, 0.25) is 30.1 Å². The number of ether oxygens (including phenoxy) is 12. The van der Waals surface area contributed by atoms with Crippen molar-refractivity contribution in [3.63, 3.8) is 0 Å². The van der Waals surface area contributed by atoms with Crippen molar-refractivity contribution in [3.8, 4) is 68.3 Å². The first-order valence-electron chi connectivity index (χ1n) is 38.4. The Balaban J connectivity index is 0.000000156. The van der Waals surface area contributed by atoms with Crippen molar-refractivity contribution in [2.24, 2.45) is 0 Å². The van der Waals surface area contributed by atoms with Crippen LogP contribution >= 0.6 is 69.6 Å². The predicted octanol–water partition coefficient (Wildman–Crippen LogP) is 12.3. The number of hydrogen-bond acceptors (Lipinski definition) is 30. The Hall–Kier alpha value is -10.1. The number of pyridine rings is 3. The van der Waals surface area contributed by atoms with E-state index in [-0.39, 0.29) is 72.1 Å². The van der Waals surface area contributed by atoms with Gasteiger partial charge in [-0.2, -0.15) is 0 Å². The summed E-state index contributed by atoms with van der Waals surface area (Å²) in [4.78, 5) is 78.6. The minimum atomic E-state index is -0.245. The molecule has 33 nitrogen and oxygen atoms in total. The molecule has 0 bridgehead atoms. The summed E-state index contributed by atoms with van der Waals surface area (Å²) in [6, 6.07) is 9.41. The van der Waals surface area contributed by atoms with E-state index in [0.29, 0.717) is 260 Å². The first-order chi connectivity index (χ1) is 58.2. The molecule has 3 amide bonds. The molecular formula is C81H90Cl6N18O15. The zero-order valence-electron chi connectivity index (χ0n) is 66.4. The van der Waals surface area contributed by atoms with E-state index in [1.54, 1.807) is 36.8 Å². The largest absolute Gasteiger partial charge is 0.495 e. The third kappa shape index (κ3) is 20.5. The fraction of sp³-hybridized carbons (Fsp3) is 0.407. The molecule has 12 heterocycles. The number of nitrogens with zero attached hydrogens (tertiary/aromatic N) is 9. The molecule has 0 saturated carbocycles. The van der Waals surface area contributed by atoms with Gasteiger partial charge in [0, 0.05) is 115 Å². The molecule has 636 valence electrons. The van der Waals surface area contributed by atoms with E-state index in [0.717, 1.165) is 24.6 Å². The zero-order chi connectivity index (χ0) is 84.7. The fourth-order valence-corrected chi connectivity index (χ4v) is 16.2. The van der Waals surface area contributed by atoms with Gasteiger partial charge in [0.05, 0.1) is 178 Å². The van der Waals surface area contributed by atoms with E-state index < -0.39 is 0 Å². The fourth-order valence-electron chi connectivity index (χ4n) is 14.1. The van der Waals surface area contributed by atoms with Crippen LogP contribution in [0, 0.1) is 0 Å². The Labute approximate surface area is 721 Å². The number of methoxy groups -OCH3 is 6. The van der Waals surface area contributed by atoms with Crippen LogP contribution in [0.25, 0.3) is 66.5 Å². The normalized spacial score (nSPS) is 19.8. The van der Waals surface area contributed by atoms with Crippen LogP contribution in [0.4, 0.5) is 35.3 Å². The summed E-state index contributed by atoms with van der Waals surface area (Å²) in [5.41, 5.74) is 4.71. The number of fused-ring (bicyclic) bond motifs is 3. The van der Waals surface area contributed by atoms with Crippen LogP contribution in [0.3, 0.4) is 0 Å². The lowest BCUT2D eigenvalue weighted by atomic mass is 10.0. The Kier molecular flexibility index (Phi) is 29.9. The highest BCUT2D eigenvalue weighted by Crippen LogP contribution is 2.50. The Bertz CT molecular complexity index is 5180. The average molecular weight is 1770 g/mol. The zero-order valence-corrected chi connectivity index (χ0v) is 70.9. The molecule has 3 aromatic carbocycles. The van der Waals surface area contributed by atoms with Crippen molar-refractivity contribution in [1.82, 2.24) is 60.8 Å². The molecule has 0 aliphatic carbocycles. The quantitative estimate of drug-likeness (QED) is 0.0216. The number of halogens is 6. The number of rotatable bonds is 27. The van der Waals surface area contributed by atoms with Gasteiger partial charge in [-0.05, 0) is 75.0 Å². The highest BCUT2D eigenvalue weighted by Gasteiger charge is 2.34. The molecule has 1 unspecified atom stereocenters. The van der Waals surface area contributed by atoms with E-state index in [1.165, 1.54) is 60.9 Å². The van der Waals surface area contributed by atoms with Crippen LogP contribution in [0.5, 0.6) is 34.5 Å². The number of benzene rings is 3. The number of amides is 3. The maximum absolute atomic E-state index is 12.0. The van der Waals surface area contributed by atoms with Gasteiger partial charge in [-0.25, -0.2) is 44.9 Å². The molecule has 39 heteroatoms. The first kappa shape index (κ1) is 87.7. The number of hydrogen-bond donors (Lipinski definition) is 9. The third-order valence-corrected chi connectivity index (χ3v) is 22.8. The van der Waals surface area contributed by atoms with E-state index in [4.69, 9.17) is 156 Å². The molecule has 9 N–H and O–H groups in total. The molecule has 0 radical (unpaired) electrons. The number of aromatic nitrogens is 9. The molecule has 7 atom stereocenters. The molecule has 6 aromatic heterocycles. The second kappa shape index (κ2) is 41.0. The minimum absolute atomic E-state index is 0.0494. The van der Waals surface area contributed by atoms with E-state index >= 15 is 0 Å². The van der Waals surface area contributed by atoms with Crippen molar-refractivity contribution in [3.05, 3.63) is 123 Å². The van der Waals surface area contributed by atoms with Gasteiger partial charge < -0.3 is 105 Å². The number of carbonyl (C=O) groups is 3. The summed E-state index contributed by atoms with van der Waals surface area (Å²) in [6.07, 6.45) is 13.3. The lowest BCUT2D eigenvalue weighted by Gasteiger charge is -2.32. The Morgan fingerprint density at radius 1 is 0.342 bits per heavy atom. The van der Waals surface area contributed by atoms with E-state index in [2.05, 4.69) is 82.5 Å². The van der Waals surface area contributed by atoms with Crippen molar-refractivity contribution < 1.29 is 71.2 Å². The summed E-state index contributed by atoms with van der Waals surface area (Å²) in [6.45, 7) is 17.0. The van der Waals surface area contributed by atoms with Crippen LogP contribution in [0.15, 0.2) is 93.0 Å². The molecular weight excluding hydrogens is 1680 g/mol. The van der Waals surface area contributed by atoms with Gasteiger partial charge in [0.25, 0.3) is 0 Å². The van der Waals surface area contributed by atoms with Gasteiger partial charge >= 0.3 is 0 Å². The maximum Gasteiger partial charge on any atom is 0.243 e. The second-order valence-electron chi connectivity index (χ2n) is 28.2. The SMILES string of the molecule is C=CC(=O)N[C@H]1CCOC[C@H]1Nc1ncc2cc(-c3c(Cl)c(OC)cc(OC)c3Cl)nc(NC3CCOC3)c2n1.C=CC(=O)N[C@H]1CCOC[C@H]1Nc1ncc2cc(-c3c(Cl)c(OC)cc(OC)c3Cl)nc(NC3CCOCC3)c2n1.C=CC(=O)N[C@H]1CCOC[C@H]1Nc1ncc2cc(-c3c(Cl)c(OC)cc(OC)c3Cl)nc(NC3COC3)c2n1. The van der Waals surface area contributed by atoms with Gasteiger partial charge in [-0.15, -0.1) is 0 Å². The molecule has 6 aliphatic rings. The molecule has 15 rings (SSSR count). The smallest absolute Gasteiger partial charge is 0.243 e. The average Bonchev–Trinajstić information content (AvgIpc) is 0.860. The van der Waals surface area contributed by atoms with Crippen LogP contribution in [-0.2, 0) is 42.8 Å². The Morgan fingerprint density at radius 3 is 0.900 bits per heavy atom. The van der Waals surface area contributed by atoms with Crippen molar-refractivity contribution in [2.45, 2.75) is 92.9 Å². The van der Waals surface area contributed by atoms with Gasteiger partial charge in [0.15, 0.2) is 17.5 Å². The summed E-state index contributed by atoms with van der Waals surface area (Å²) in [7, 11) is 9.12. The van der Waals surface area contributed by atoms with Crippen molar-refractivity contribution in [2.75, 3.05) is 154 Å². The summed E-state index contributed by atoms with van der Waals surface area (Å²) in [5, 5.41) is 33.2. The monoisotopic (exact) mass is 1760 g/mol. The molecule has 120 heavy (non-hydrogen) atoms. The van der Waals surface area contributed by atoms with Crippen molar-refractivity contribution in [1.29, 1.82) is 0 Å². The number of anilines is 6. The van der Waals surface area contributed by atoms with E-state index in [9.17, 15) is 14.4 Å². The Morgan fingerprint density at radius 2 is 0.617 bits per heavy atom. The topological polar surface area (TPSA) is 386 Å². The van der Waals surface area contributed by atoms with Crippen molar-refractivity contribution >= 4 is 155 Å². The minimum Gasteiger partial charge on any atom is -0.495 e. The summed E-state index contributed by atoms with van der Waals surface area (Å²) >= 11 is 40.3. The number of carbonyl (C=O) groups excluding carboxylic acids is 3. The summed E-state index contributed by atoms with van der Waals surface area (Å²) < 4.78 is 66.1. The van der Waals surface area contributed by atoms with Crippen LogP contribution < -0.4 is 76.3 Å². The third-order valence-electron chi connectivity index (χ3n) is 20.6. The van der Waals surface area contributed by atoms with Crippen LogP contribution in [-0.4, -0.2) is 239 Å². The molecule has 6 aliphatic heterocycles. The predicted molar refractivity (Wildman–Crippen MR) is 461 cm³/mol. The molecule has 6 fully saturated rings. The molecule has 9 aromatic rings. The summed E-state index contributed by atoms with van der Waals surface area (Å²) in [5.74, 6) is 4.44. The molecule has 0 spiro atoms. The molecule has 6 saturated heterocycles. The second-order valence-corrected chi connectivity index (χ2v) is 30.5. The van der Waals surface area contributed by atoms with Gasteiger partial charge in [0.2, 0.25) is 35.6 Å². The van der Waals surface area contributed by atoms with Gasteiger partial charge in [-0.1, -0.05) is 89.3 Å². The van der Waals surface area contributed by atoms with Gasteiger partial charge in [-0.3, -0.25) is 14.4 Å². The maximum atomic E-state index is 12.0. The highest BCUT2D eigenvalue weighted by atomic mass is 35.5. The van der Waals surface area contributed by atoms with Gasteiger partial charge in [0.1, 0.15) is 51.0 Å². The first-order valence-corrected chi connectivity index (χ1v) is 40.7. The van der Waals surface area contributed by atoms with Crippen LogP contribution in [0.1, 0.15) is 38.5 Å². The van der Waals surface area contributed by atoms with E-state index in [1.807, 2.05) is 18.2 Å². The lowest BCUT2D eigenvalue weighted by Crippen LogP contribution is -2.52. The lowest BCUT2D eigenvalue weighted by molar-refractivity contribution is -0.118. The number of nitrogens with one attached hydrogen (secondary N) is 9. The standard InChI is InChI=1S/C28H32Cl2N6O5.C27H30Cl2N6O5.C26H28Cl2N6O5/c1-4-22(37)33-17-7-10-41-14-19(17)35-28-31-13-15-11-18(23-24(29)20(38-2)12-21(39-3)25(23)30)34-27(26(15)36-28)32-16-5-8-40-9-6-16;1-4-21(36)32-16-6-8-40-13-18(16)34-27-30-11-14-9-17(22-23(28)19(37-2)10-20(38-3)24(22)29)33-26(25(14)35-27)31-15-5-7-39-12-15;1-4-20(35)31-15-5-6-38-12-17(15)33-26-29-9-13-7-16(32-25(24(13)34-26)30-14-10-39-11-14)21-22(27)18(36-2)8-19(37-3)23(21)28/h4,11-13,16-17,19H,1,5-10,14H2,2-3H3,(H,32,34)(H,33,37)(H,31,35,36);4,9-11,15-16,18H,1,5-8,12-13H2,2-3H3,(H,31,33)(H,32,36)(H,30,34,35);4,7-9,14-15,17H,1,5-6,10-12H2,2-3H3,(H,30,32)(H,31,35)(H,29,33,34)/t17-,19+;15?,16-,18+;15-,17+/m000/s1. The highest BCUT2D eigenvalue weighted by molar-refractivity contribution is 6.42.